The Kier molecular flexibility index (Phi) is 6.15. The lowest BCUT2D eigenvalue weighted by atomic mass is 10.1. The van der Waals surface area contributed by atoms with Gasteiger partial charge in [0, 0.05) is 6.08 Å². The smallest absolute Gasteiger partial charge is 0.330 e. The fourth-order valence-electron chi connectivity index (χ4n) is 1.42. The molecule has 0 spiro atoms. The van der Waals surface area contributed by atoms with Gasteiger partial charge in [0.25, 0.3) is 0 Å². The highest BCUT2D eigenvalue weighted by atomic mass is 16.5. The van der Waals surface area contributed by atoms with Crippen LogP contribution in [0.3, 0.4) is 0 Å². The lowest BCUT2D eigenvalue weighted by Gasteiger charge is -2.04. The van der Waals surface area contributed by atoms with Crippen LogP contribution in [0.4, 0.5) is 0 Å². The van der Waals surface area contributed by atoms with Crippen LogP contribution in [-0.2, 0) is 9.53 Å². The molecule has 0 aliphatic carbocycles. The van der Waals surface area contributed by atoms with E-state index in [1.165, 1.54) is 6.08 Å². The van der Waals surface area contributed by atoms with Gasteiger partial charge in [0.15, 0.2) is 0 Å². The van der Waals surface area contributed by atoms with Gasteiger partial charge in [0.1, 0.15) is 0 Å². The number of aliphatic hydroxyl groups is 1. The Bertz CT molecular complexity index is 391. The fourth-order valence-corrected chi connectivity index (χ4v) is 1.42. The summed E-state index contributed by atoms with van der Waals surface area (Å²) in [6.07, 6.45) is 4.56. The maximum Gasteiger partial charge on any atom is 0.330 e. The van der Waals surface area contributed by atoms with Crippen molar-refractivity contribution in [2.24, 2.45) is 0 Å². The van der Waals surface area contributed by atoms with E-state index in [1.54, 1.807) is 13.0 Å². The van der Waals surface area contributed by atoms with E-state index in [1.807, 2.05) is 31.2 Å². The molecular weight excluding hydrogens is 228 g/mol. The number of unbranched alkanes of at least 4 members (excludes halogenated alkanes) is 1. The molecule has 0 saturated carbocycles. The van der Waals surface area contributed by atoms with Gasteiger partial charge in [0.2, 0.25) is 0 Å². The zero-order valence-corrected chi connectivity index (χ0v) is 10.9. The number of benzene rings is 1. The average Bonchev–Trinajstić information content (AvgIpc) is 2.37. The van der Waals surface area contributed by atoms with E-state index in [-0.39, 0.29) is 5.97 Å². The molecule has 0 aliphatic heterocycles. The van der Waals surface area contributed by atoms with E-state index in [4.69, 9.17) is 4.74 Å². The highest BCUT2D eigenvalue weighted by Gasteiger charge is 1.99. The highest BCUT2D eigenvalue weighted by Crippen LogP contribution is 2.13. The van der Waals surface area contributed by atoms with Crippen molar-refractivity contribution in [2.75, 3.05) is 6.61 Å². The Balaban J connectivity index is 2.48. The monoisotopic (exact) mass is 248 g/mol. The third kappa shape index (κ3) is 5.15. The number of esters is 1. The van der Waals surface area contributed by atoms with E-state index in [0.717, 1.165) is 24.0 Å². The molecule has 1 aromatic carbocycles. The van der Waals surface area contributed by atoms with Gasteiger partial charge in [-0.1, -0.05) is 37.6 Å². The molecule has 0 aliphatic rings. The van der Waals surface area contributed by atoms with Crippen molar-refractivity contribution in [1.82, 2.24) is 0 Å². The lowest BCUT2D eigenvalue weighted by Crippen LogP contribution is -2.01. The van der Waals surface area contributed by atoms with Crippen molar-refractivity contribution in [3.63, 3.8) is 0 Å². The fraction of sp³-hybridized carbons (Fsp3) is 0.400. The molecule has 0 amide bonds. The average molecular weight is 248 g/mol. The highest BCUT2D eigenvalue weighted by molar-refractivity contribution is 5.87. The number of carbonyl (C=O) groups excluding carboxylic acids is 1. The topological polar surface area (TPSA) is 46.5 Å². The molecular formula is C15H20O3. The van der Waals surface area contributed by atoms with Crippen molar-refractivity contribution in [3.05, 3.63) is 41.5 Å². The molecule has 0 bridgehead atoms. The van der Waals surface area contributed by atoms with Gasteiger partial charge in [-0.15, -0.1) is 0 Å². The van der Waals surface area contributed by atoms with Crippen LogP contribution in [0.5, 0.6) is 0 Å². The Labute approximate surface area is 108 Å². The second-order valence-electron chi connectivity index (χ2n) is 4.20. The van der Waals surface area contributed by atoms with Gasteiger partial charge in [-0.25, -0.2) is 4.79 Å². The molecule has 0 aromatic heterocycles. The molecule has 0 saturated heterocycles. The number of rotatable bonds is 6. The standard InChI is InChI=1S/C15H20O3/c1-3-4-11-18-15(17)10-7-13-5-8-14(9-6-13)12(2)16/h5-10,12,16H,3-4,11H2,1-2H3. The van der Waals surface area contributed by atoms with E-state index in [0.29, 0.717) is 6.61 Å². The summed E-state index contributed by atoms with van der Waals surface area (Å²) in [4.78, 5) is 11.3. The minimum atomic E-state index is -0.470. The molecule has 98 valence electrons. The van der Waals surface area contributed by atoms with Crippen LogP contribution in [0.2, 0.25) is 0 Å². The maximum absolute atomic E-state index is 11.3. The Morgan fingerprint density at radius 1 is 1.39 bits per heavy atom. The number of hydrogen-bond acceptors (Lipinski definition) is 3. The number of carbonyl (C=O) groups is 1. The van der Waals surface area contributed by atoms with Crippen molar-refractivity contribution in [1.29, 1.82) is 0 Å². The van der Waals surface area contributed by atoms with E-state index < -0.39 is 6.10 Å². The SMILES string of the molecule is CCCCOC(=O)C=Cc1ccc(C(C)O)cc1. The van der Waals surface area contributed by atoms with Gasteiger partial charge < -0.3 is 9.84 Å². The molecule has 0 fully saturated rings. The Morgan fingerprint density at radius 2 is 2.06 bits per heavy atom. The molecule has 1 rings (SSSR count). The molecule has 1 N–H and O–H groups in total. The first kappa shape index (κ1) is 14.5. The van der Waals surface area contributed by atoms with Crippen molar-refractivity contribution < 1.29 is 14.6 Å². The molecule has 0 heterocycles. The van der Waals surface area contributed by atoms with Crippen molar-refractivity contribution >= 4 is 12.0 Å². The predicted octanol–water partition coefficient (Wildman–Crippen LogP) is 3.10. The van der Waals surface area contributed by atoms with Crippen LogP contribution in [0.1, 0.15) is 43.9 Å². The molecule has 1 atom stereocenters. The van der Waals surface area contributed by atoms with E-state index in [2.05, 4.69) is 0 Å². The van der Waals surface area contributed by atoms with Crippen LogP contribution in [0.25, 0.3) is 6.08 Å². The van der Waals surface area contributed by atoms with Crippen molar-refractivity contribution in [3.8, 4) is 0 Å². The third-order valence-electron chi connectivity index (χ3n) is 2.57. The van der Waals surface area contributed by atoms with E-state index >= 15 is 0 Å². The molecule has 3 nitrogen and oxygen atoms in total. The van der Waals surface area contributed by atoms with E-state index in [9.17, 15) is 9.90 Å². The molecule has 0 radical (unpaired) electrons. The Hall–Kier alpha value is -1.61. The minimum Gasteiger partial charge on any atom is -0.463 e. The normalized spacial score (nSPS) is 12.6. The second kappa shape index (κ2) is 7.67. The second-order valence-corrected chi connectivity index (χ2v) is 4.20. The summed E-state index contributed by atoms with van der Waals surface area (Å²) in [6, 6.07) is 7.40. The van der Waals surface area contributed by atoms with Gasteiger partial charge in [0.05, 0.1) is 12.7 Å². The largest absolute Gasteiger partial charge is 0.463 e. The van der Waals surface area contributed by atoms with Crippen LogP contribution in [-0.4, -0.2) is 17.7 Å². The molecule has 1 unspecified atom stereocenters. The summed E-state index contributed by atoms with van der Waals surface area (Å²) in [5.74, 6) is -0.317. The van der Waals surface area contributed by atoms with Crippen LogP contribution in [0.15, 0.2) is 30.3 Å². The zero-order chi connectivity index (χ0) is 13.4. The summed E-state index contributed by atoms with van der Waals surface area (Å²) in [5, 5.41) is 9.36. The minimum absolute atomic E-state index is 0.317. The number of aliphatic hydroxyl groups excluding tert-OH is 1. The van der Waals surface area contributed by atoms with Gasteiger partial charge in [-0.3, -0.25) is 0 Å². The molecule has 3 heteroatoms. The van der Waals surface area contributed by atoms with Gasteiger partial charge in [-0.2, -0.15) is 0 Å². The number of ether oxygens (including phenoxy) is 1. The summed E-state index contributed by atoms with van der Waals surface area (Å²) in [5.41, 5.74) is 1.77. The first-order valence-electron chi connectivity index (χ1n) is 6.26. The molecule has 1 aromatic rings. The lowest BCUT2D eigenvalue weighted by molar-refractivity contribution is -0.137. The Morgan fingerprint density at radius 3 is 2.61 bits per heavy atom. The van der Waals surface area contributed by atoms with Gasteiger partial charge >= 0.3 is 5.97 Å². The van der Waals surface area contributed by atoms with Crippen LogP contribution >= 0.6 is 0 Å². The predicted molar refractivity (Wildman–Crippen MR) is 72.0 cm³/mol. The maximum atomic E-state index is 11.3. The summed E-state index contributed by atoms with van der Waals surface area (Å²) >= 11 is 0. The van der Waals surface area contributed by atoms with Crippen LogP contribution in [0, 0.1) is 0 Å². The van der Waals surface area contributed by atoms with Gasteiger partial charge in [-0.05, 0) is 30.5 Å². The van der Waals surface area contributed by atoms with Crippen molar-refractivity contribution in [2.45, 2.75) is 32.8 Å². The summed E-state index contributed by atoms with van der Waals surface area (Å²) in [7, 11) is 0. The zero-order valence-electron chi connectivity index (χ0n) is 10.9. The quantitative estimate of drug-likeness (QED) is 0.478. The third-order valence-corrected chi connectivity index (χ3v) is 2.57. The first-order valence-corrected chi connectivity index (χ1v) is 6.26. The summed E-state index contributed by atoms with van der Waals surface area (Å²) < 4.78 is 5.00. The summed E-state index contributed by atoms with van der Waals surface area (Å²) in [6.45, 7) is 4.24. The first-order chi connectivity index (χ1) is 8.63. The van der Waals surface area contributed by atoms with Crippen LogP contribution < -0.4 is 0 Å². The number of hydrogen-bond donors (Lipinski definition) is 1. The molecule has 18 heavy (non-hydrogen) atoms.